The quantitative estimate of drug-likeness (QED) is 0.643. The largest absolute Gasteiger partial charge is 0.389 e. The molecule has 2 aromatic rings. The van der Waals surface area contributed by atoms with Gasteiger partial charge in [-0.2, -0.15) is 0 Å². The Balaban J connectivity index is 1.63. The summed E-state index contributed by atoms with van der Waals surface area (Å²) in [7, 11) is 0. The Morgan fingerprint density at radius 1 is 1.21 bits per heavy atom. The Bertz CT molecular complexity index is 893. The molecule has 2 aromatic carbocycles. The minimum absolute atomic E-state index is 0.0715. The van der Waals surface area contributed by atoms with Crippen LogP contribution < -0.4 is 5.32 Å². The zero-order chi connectivity index (χ0) is 21.0. The van der Waals surface area contributed by atoms with E-state index >= 15 is 0 Å². The number of hydrogen-bond acceptors (Lipinski definition) is 4. The van der Waals surface area contributed by atoms with Gasteiger partial charge in [0.2, 0.25) is 0 Å². The monoisotopic (exact) mass is 420 g/mol. The van der Waals surface area contributed by atoms with Crippen LogP contribution >= 0.6 is 11.6 Å². The van der Waals surface area contributed by atoms with Gasteiger partial charge >= 0.3 is 6.03 Å². The number of imide groups is 1. The normalized spacial score (nSPS) is 20.1. The van der Waals surface area contributed by atoms with Crippen LogP contribution in [0.3, 0.4) is 0 Å². The average Bonchev–Trinajstić information content (AvgIpc) is 2.95. The van der Waals surface area contributed by atoms with E-state index in [0.717, 1.165) is 10.5 Å². The first-order valence-electron chi connectivity index (χ1n) is 9.26. The molecule has 2 N–H and O–H groups in total. The number of hydrogen-bond donors (Lipinski definition) is 2. The van der Waals surface area contributed by atoms with E-state index in [-0.39, 0.29) is 19.8 Å². The zero-order valence-corrected chi connectivity index (χ0v) is 16.7. The third-order valence-corrected chi connectivity index (χ3v) is 5.33. The third-order valence-electron chi connectivity index (χ3n) is 4.96. The highest BCUT2D eigenvalue weighted by Crippen LogP contribution is 2.32. The Morgan fingerprint density at radius 3 is 2.55 bits per heavy atom. The molecule has 1 fully saturated rings. The maximum absolute atomic E-state index is 13.3. The molecule has 2 atom stereocenters. The van der Waals surface area contributed by atoms with Crippen molar-refractivity contribution in [2.45, 2.75) is 31.6 Å². The Kier molecular flexibility index (Phi) is 6.52. The van der Waals surface area contributed by atoms with Gasteiger partial charge in [-0.05, 0) is 35.7 Å². The van der Waals surface area contributed by atoms with Gasteiger partial charge in [-0.15, -0.1) is 0 Å². The van der Waals surface area contributed by atoms with E-state index in [9.17, 15) is 19.1 Å². The number of benzene rings is 2. The summed E-state index contributed by atoms with van der Waals surface area (Å²) < 4.78 is 18.7. The summed E-state index contributed by atoms with van der Waals surface area (Å²) >= 11 is 6.06. The van der Waals surface area contributed by atoms with Gasteiger partial charge in [0.15, 0.2) is 0 Å². The summed E-state index contributed by atoms with van der Waals surface area (Å²) in [4.78, 5) is 26.4. The summed E-state index contributed by atoms with van der Waals surface area (Å²) in [6, 6.07) is 12.0. The van der Waals surface area contributed by atoms with E-state index < -0.39 is 29.4 Å². The molecule has 1 aliphatic heterocycles. The molecule has 1 heterocycles. The second-order valence-corrected chi connectivity index (χ2v) is 7.28. The van der Waals surface area contributed by atoms with E-state index in [0.29, 0.717) is 17.0 Å². The molecule has 1 aliphatic rings. The molecule has 1 saturated heterocycles. The minimum Gasteiger partial charge on any atom is -0.389 e. The third kappa shape index (κ3) is 4.42. The van der Waals surface area contributed by atoms with E-state index in [2.05, 4.69) is 5.32 Å². The Labute approximate surface area is 173 Å². The molecule has 3 amide bonds. The SMILES string of the molecule is CCC1(c2ccc(F)cc2)NC(=O)N(CC(O)COCc2ccccc2Cl)C1=O. The molecule has 0 aromatic heterocycles. The smallest absolute Gasteiger partial charge is 0.325 e. The molecule has 0 bridgehead atoms. The predicted molar refractivity (Wildman–Crippen MR) is 106 cm³/mol. The van der Waals surface area contributed by atoms with Crippen LogP contribution in [0.25, 0.3) is 0 Å². The number of aliphatic hydroxyl groups is 1. The van der Waals surface area contributed by atoms with Crippen molar-refractivity contribution in [3.63, 3.8) is 0 Å². The van der Waals surface area contributed by atoms with E-state index in [1.54, 1.807) is 19.1 Å². The zero-order valence-electron chi connectivity index (χ0n) is 15.9. The Morgan fingerprint density at radius 2 is 1.90 bits per heavy atom. The number of carbonyl (C=O) groups is 2. The number of nitrogens with zero attached hydrogens (tertiary/aromatic N) is 1. The van der Waals surface area contributed by atoms with Gasteiger partial charge in [0.25, 0.3) is 5.91 Å². The van der Waals surface area contributed by atoms with Crippen molar-refractivity contribution in [2.75, 3.05) is 13.2 Å². The molecule has 8 heteroatoms. The maximum Gasteiger partial charge on any atom is 0.325 e. The minimum atomic E-state index is -1.27. The van der Waals surface area contributed by atoms with E-state index in [1.807, 2.05) is 12.1 Å². The molecular weight excluding hydrogens is 399 g/mol. The first kappa shape index (κ1) is 21.2. The molecule has 6 nitrogen and oxygen atoms in total. The maximum atomic E-state index is 13.3. The molecule has 29 heavy (non-hydrogen) atoms. The lowest BCUT2D eigenvalue weighted by Crippen LogP contribution is -2.44. The van der Waals surface area contributed by atoms with Crippen LogP contribution in [-0.4, -0.2) is 41.2 Å². The summed E-state index contributed by atoms with van der Waals surface area (Å²) in [5.41, 5.74) is -0.00693. The molecule has 0 aliphatic carbocycles. The molecule has 0 saturated carbocycles. The topological polar surface area (TPSA) is 78.9 Å². The first-order chi connectivity index (χ1) is 13.9. The van der Waals surface area contributed by atoms with Crippen molar-refractivity contribution in [3.05, 3.63) is 70.5 Å². The van der Waals surface area contributed by atoms with Crippen LogP contribution in [-0.2, 0) is 21.7 Å². The number of carbonyl (C=O) groups excluding carboxylic acids is 2. The molecule has 0 spiro atoms. The highest BCUT2D eigenvalue weighted by atomic mass is 35.5. The van der Waals surface area contributed by atoms with Crippen LogP contribution in [0.2, 0.25) is 5.02 Å². The van der Waals surface area contributed by atoms with Gasteiger partial charge < -0.3 is 15.2 Å². The van der Waals surface area contributed by atoms with Crippen LogP contribution in [0.1, 0.15) is 24.5 Å². The second kappa shape index (κ2) is 8.90. The molecule has 154 valence electrons. The van der Waals surface area contributed by atoms with E-state index in [4.69, 9.17) is 16.3 Å². The first-order valence-corrected chi connectivity index (χ1v) is 9.64. The molecular formula is C21H22ClFN2O4. The standard InChI is InChI=1S/C21H22ClFN2O4/c1-2-21(15-7-9-16(23)10-8-15)19(27)25(20(28)24-21)11-17(26)13-29-12-14-5-3-4-6-18(14)22/h3-10,17,26H,2,11-13H2,1H3,(H,24,28). The molecule has 0 radical (unpaired) electrons. The van der Waals surface area contributed by atoms with Crippen molar-refractivity contribution < 1.29 is 23.8 Å². The number of halogens is 2. The van der Waals surface area contributed by atoms with Crippen molar-refractivity contribution in [2.24, 2.45) is 0 Å². The van der Waals surface area contributed by atoms with E-state index in [1.165, 1.54) is 24.3 Å². The van der Waals surface area contributed by atoms with Crippen molar-refractivity contribution >= 4 is 23.5 Å². The van der Waals surface area contributed by atoms with Gasteiger partial charge in [0, 0.05) is 5.02 Å². The number of aliphatic hydroxyl groups excluding tert-OH is 1. The van der Waals surface area contributed by atoms with Crippen LogP contribution in [0.15, 0.2) is 48.5 Å². The summed E-state index contributed by atoms with van der Waals surface area (Å²) in [5.74, 6) is -0.915. The van der Waals surface area contributed by atoms with Crippen molar-refractivity contribution in [1.29, 1.82) is 0 Å². The summed E-state index contributed by atoms with van der Waals surface area (Å²) in [6.07, 6.45) is -0.771. The second-order valence-electron chi connectivity index (χ2n) is 6.87. The van der Waals surface area contributed by atoms with Gasteiger partial charge in [0.1, 0.15) is 11.4 Å². The van der Waals surface area contributed by atoms with Gasteiger partial charge in [-0.25, -0.2) is 9.18 Å². The summed E-state index contributed by atoms with van der Waals surface area (Å²) in [5, 5.41) is 13.5. The van der Waals surface area contributed by atoms with Gasteiger partial charge in [-0.1, -0.05) is 48.9 Å². The number of nitrogens with one attached hydrogen (secondary N) is 1. The van der Waals surface area contributed by atoms with Crippen LogP contribution in [0.5, 0.6) is 0 Å². The fraction of sp³-hybridized carbons (Fsp3) is 0.333. The fourth-order valence-corrected chi connectivity index (χ4v) is 3.54. The Hall–Kier alpha value is -2.48. The van der Waals surface area contributed by atoms with Crippen molar-refractivity contribution in [1.82, 2.24) is 10.2 Å². The van der Waals surface area contributed by atoms with Crippen LogP contribution in [0, 0.1) is 5.82 Å². The van der Waals surface area contributed by atoms with Gasteiger partial charge in [0.05, 0.1) is 25.9 Å². The lowest BCUT2D eigenvalue weighted by atomic mass is 9.87. The van der Waals surface area contributed by atoms with Crippen LogP contribution in [0.4, 0.5) is 9.18 Å². The lowest BCUT2D eigenvalue weighted by molar-refractivity contribution is -0.133. The number of ether oxygens (including phenoxy) is 1. The highest BCUT2D eigenvalue weighted by molar-refractivity contribution is 6.31. The lowest BCUT2D eigenvalue weighted by Gasteiger charge is -2.26. The molecule has 2 unspecified atom stereocenters. The van der Waals surface area contributed by atoms with Gasteiger partial charge in [-0.3, -0.25) is 9.69 Å². The predicted octanol–water partition coefficient (Wildman–Crippen LogP) is 3.21. The fourth-order valence-electron chi connectivity index (χ4n) is 3.35. The van der Waals surface area contributed by atoms with Crippen molar-refractivity contribution in [3.8, 4) is 0 Å². The number of amides is 3. The number of β-amino-alcohol motifs (C(OH)–C–C–N with tert-alkyl or cyclic N) is 1. The number of urea groups is 1. The summed E-state index contributed by atoms with van der Waals surface area (Å²) in [6.45, 7) is 1.67. The highest BCUT2D eigenvalue weighted by Gasteiger charge is 2.51. The number of rotatable bonds is 8. The molecule has 3 rings (SSSR count). The average molecular weight is 421 g/mol.